The lowest BCUT2D eigenvalue weighted by Crippen LogP contribution is -2.07. The average Bonchev–Trinajstić information content (AvgIpc) is 2.24. The van der Waals surface area contributed by atoms with E-state index < -0.39 is 0 Å². The molecule has 0 spiro atoms. The van der Waals surface area contributed by atoms with Gasteiger partial charge in [-0.1, -0.05) is 43.7 Å². The second-order valence-corrected chi connectivity index (χ2v) is 4.67. The number of allylic oxidation sites excluding steroid dienone is 5. The SMILES string of the molecule is C=CC(Cl)C/C=C(\C)C(C)C(C)/C=C\C. The monoisotopic (exact) mass is 226 g/mol. The van der Waals surface area contributed by atoms with Crippen molar-refractivity contribution in [2.75, 3.05) is 0 Å². The maximum atomic E-state index is 5.98. The van der Waals surface area contributed by atoms with Gasteiger partial charge in [0.25, 0.3) is 0 Å². The number of hydrogen-bond donors (Lipinski definition) is 0. The highest BCUT2D eigenvalue weighted by molar-refractivity contribution is 6.21. The third-order valence-corrected chi connectivity index (χ3v) is 3.28. The van der Waals surface area contributed by atoms with E-state index in [9.17, 15) is 0 Å². The van der Waals surface area contributed by atoms with E-state index >= 15 is 0 Å². The Labute approximate surface area is 99.7 Å². The van der Waals surface area contributed by atoms with Crippen LogP contribution in [0.4, 0.5) is 0 Å². The van der Waals surface area contributed by atoms with E-state index in [-0.39, 0.29) is 5.38 Å². The molecule has 0 aliphatic heterocycles. The topological polar surface area (TPSA) is 0 Å². The minimum atomic E-state index is 0.0594. The molecule has 0 nitrogen and oxygen atoms in total. The Bertz CT molecular complexity index is 238. The van der Waals surface area contributed by atoms with Crippen LogP contribution >= 0.6 is 11.6 Å². The van der Waals surface area contributed by atoms with E-state index in [0.717, 1.165) is 6.42 Å². The zero-order valence-corrected chi connectivity index (χ0v) is 11.1. The fourth-order valence-corrected chi connectivity index (χ4v) is 1.55. The van der Waals surface area contributed by atoms with Gasteiger partial charge in [0.2, 0.25) is 0 Å². The van der Waals surface area contributed by atoms with Gasteiger partial charge >= 0.3 is 0 Å². The van der Waals surface area contributed by atoms with Gasteiger partial charge in [-0.15, -0.1) is 18.2 Å². The average molecular weight is 227 g/mol. The summed E-state index contributed by atoms with van der Waals surface area (Å²) in [6.45, 7) is 12.4. The summed E-state index contributed by atoms with van der Waals surface area (Å²) in [6, 6.07) is 0. The molecule has 0 heterocycles. The molecule has 0 aromatic rings. The lowest BCUT2D eigenvalue weighted by atomic mass is 9.88. The lowest BCUT2D eigenvalue weighted by Gasteiger charge is -2.17. The first-order valence-corrected chi connectivity index (χ1v) is 6.02. The standard InChI is InChI=1S/C14H23Cl/c1-6-8-11(3)13(5)12(4)9-10-14(15)7-2/h6-9,11,13-14H,2,10H2,1,3-5H3/b8-6-,12-9+. The van der Waals surface area contributed by atoms with Crippen LogP contribution in [0, 0.1) is 11.8 Å². The molecule has 0 saturated heterocycles. The molecule has 0 aromatic carbocycles. The molecule has 86 valence electrons. The summed E-state index contributed by atoms with van der Waals surface area (Å²) in [4.78, 5) is 0. The Morgan fingerprint density at radius 1 is 1.40 bits per heavy atom. The molecule has 0 N–H and O–H groups in total. The van der Waals surface area contributed by atoms with Crippen molar-refractivity contribution in [1.82, 2.24) is 0 Å². The molecule has 3 unspecified atom stereocenters. The van der Waals surface area contributed by atoms with E-state index in [1.54, 1.807) is 6.08 Å². The molecule has 0 fully saturated rings. The van der Waals surface area contributed by atoms with E-state index in [0.29, 0.717) is 11.8 Å². The summed E-state index contributed by atoms with van der Waals surface area (Å²) < 4.78 is 0. The molecule has 0 radical (unpaired) electrons. The van der Waals surface area contributed by atoms with Crippen LogP contribution in [0.1, 0.15) is 34.1 Å². The molecule has 3 atom stereocenters. The number of hydrogen-bond acceptors (Lipinski definition) is 0. The summed E-state index contributed by atoms with van der Waals surface area (Å²) in [6.07, 6.45) is 9.25. The fourth-order valence-electron chi connectivity index (χ4n) is 1.47. The van der Waals surface area contributed by atoms with Crippen LogP contribution in [0.5, 0.6) is 0 Å². The molecule has 15 heavy (non-hydrogen) atoms. The van der Waals surface area contributed by atoms with Gasteiger partial charge in [0.1, 0.15) is 0 Å². The minimum absolute atomic E-state index is 0.0594. The third kappa shape index (κ3) is 5.84. The van der Waals surface area contributed by atoms with E-state index in [4.69, 9.17) is 11.6 Å². The van der Waals surface area contributed by atoms with E-state index in [1.807, 2.05) is 0 Å². The first kappa shape index (κ1) is 14.5. The zero-order valence-electron chi connectivity index (χ0n) is 10.3. The van der Waals surface area contributed by atoms with Gasteiger partial charge in [0, 0.05) is 0 Å². The molecule has 0 amide bonds. The van der Waals surface area contributed by atoms with Gasteiger partial charge in [-0.25, -0.2) is 0 Å². The molecule has 0 aromatic heterocycles. The van der Waals surface area contributed by atoms with E-state index in [2.05, 4.69) is 52.5 Å². The predicted octanol–water partition coefficient (Wildman–Crippen LogP) is 4.96. The molecular formula is C14H23Cl. The summed E-state index contributed by atoms with van der Waals surface area (Å²) in [5, 5.41) is 0.0594. The van der Waals surface area contributed by atoms with Crippen LogP contribution in [-0.2, 0) is 0 Å². The Morgan fingerprint density at radius 2 is 2.00 bits per heavy atom. The van der Waals surface area contributed by atoms with Crippen LogP contribution in [0.15, 0.2) is 36.5 Å². The highest BCUT2D eigenvalue weighted by Gasteiger charge is 2.10. The van der Waals surface area contributed by atoms with Crippen molar-refractivity contribution in [2.45, 2.75) is 39.5 Å². The third-order valence-electron chi connectivity index (χ3n) is 2.92. The van der Waals surface area contributed by atoms with Crippen molar-refractivity contribution < 1.29 is 0 Å². The largest absolute Gasteiger partial charge is 0.118 e. The second-order valence-electron chi connectivity index (χ2n) is 4.11. The van der Waals surface area contributed by atoms with Crippen molar-refractivity contribution in [3.05, 3.63) is 36.5 Å². The summed E-state index contributed by atoms with van der Waals surface area (Å²) in [7, 11) is 0. The Kier molecular flexibility index (Phi) is 7.50. The maximum absolute atomic E-state index is 5.98. The number of halogens is 1. The molecule has 0 saturated carbocycles. The first-order valence-electron chi connectivity index (χ1n) is 5.59. The highest BCUT2D eigenvalue weighted by Crippen LogP contribution is 2.22. The Balaban J connectivity index is 4.29. The van der Waals surface area contributed by atoms with Crippen molar-refractivity contribution in [1.29, 1.82) is 0 Å². The zero-order chi connectivity index (χ0) is 11.8. The van der Waals surface area contributed by atoms with Gasteiger partial charge in [0.15, 0.2) is 0 Å². The second kappa shape index (κ2) is 7.76. The van der Waals surface area contributed by atoms with Crippen molar-refractivity contribution in [2.24, 2.45) is 11.8 Å². The normalized spacial score (nSPS) is 18.9. The van der Waals surface area contributed by atoms with E-state index in [1.165, 1.54) is 5.57 Å². The quantitative estimate of drug-likeness (QED) is 0.443. The molecule has 0 aliphatic carbocycles. The van der Waals surface area contributed by atoms with Crippen LogP contribution in [0.25, 0.3) is 0 Å². The molecular weight excluding hydrogens is 204 g/mol. The van der Waals surface area contributed by atoms with Crippen LogP contribution < -0.4 is 0 Å². The fraction of sp³-hybridized carbons (Fsp3) is 0.571. The maximum Gasteiger partial charge on any atom is 0.0547 e. The van der Waals surface area contributed by atoms with Crippen LogP contribution in [-0.4, -0.2) is 5.38 Å². The van der Waals surface area contributed by atoms with Crippen LogP contribution in [0.3, 0.4) is 0 Å². The van der Waals surface area contributed by atoms with Gasteiger partial charge in [-0.2, -0.15) is 0 Å². The first-order chi connectivity index (χ1) is 7.02. The highest BCUT2D eigenvalue weighted by atomic mass is 35.5. The Hall–Kier alpha value is -0.490. The minimum Gasteiger partial charge on any atom is -0.118 e. The predicted molar refractivity (Wildman–Crippen MR) is 71.4 cm³/mol. The molecule has 0 aliphatic rings. The van der Waals surface area contributed by atoms with Crippen molar-refractivity contribution in [3.63, 3.8) is 0 Å². The number of alkyl halides is 1. The van der Waals surface area contributed by atoms with Gasteiger partial charge < -0.3 is 0 Å². The molecule has 0 bridgehead atoms. The van der Waals surface area contributed by atoms with Crippen molar-refractivity contribution in [3.8, 4) is 0 Å². The summed E-state index contributed by atoms with van der Waals surface area (Å²) >= 11 is 5.98. The molecule has 0 rings (SSSR count). The number of rotatable bonds is 6. The summed E-state index contributed by atoms with van der Waals surface area (Å²) in [5.41, 5.74) is 1.41. The smallest absolute Gasteiger partial charge is 0.0547 e. The van der Waals surface area contributed by atoms with Crippen LogP contribution in [0.2, 0.25) is 0 Å². The molecule has 1 heteroatoms. The Morgan fingerprint density at radius 3 is 2.47 bits per heavy atom. The van der Waals surface area contributed by atoms with Gasteiger partial charge in [-0.3, -0.25) is 0 Å². The van der Waals surface area contributed by atoms with Gasteiger partial charge in [-0.05, 0) is 32.1 Å². The lowest BCUT2D eigenvalue weighted by molar-refractivity contribution is 0.527. The van der Waals surface area contributed by atoms with Crippen molar-refractivity contribution >= 4 is 11.6 Å². The van der Waals surface area contributed by atoms with Gasteiger partial charge in [0.05, 0.1) is 5.38 Å². The summed E-state index contributed by atoms with van der Waals surface area (Å²) in [5.74, 6) is 1.17.